The fourth-order valence-corrected chi connectivity index (χ4v) is 1.09. The molecule has 0 aromatic rings. The lowest BCUT2D eigenvalue weighted by Gasteiger charge is -2.37. The number of ether oxygens (including phenoxy) is 1. The van der Waals surface area contributed by atoms with E-state index in [2.05, 4.69) is 0 Å². The van der Waals surface area contributed by atoms with Crippen molar-refractivity contribution >= 4 is 0 Å². The van der Waals surface area contributed by atoms with Crippen molar-refractivity contribution in [3.63, 3.8) is 0 Å². The third-order valence-corrected chi connectivity index (χ3v) is 1.92. The van der Waals surface area contributed by atoms with E-state index in [0.29, 0.717) is 0 Å². The summed E-state index contributed by atoms with van der Waals surface area (Å²) in [5.74, 6) is 0. The molecule has 0 aromatic heterocycles. The molecule has 1 aliphatic rings. The van der Waals surface area contributed by atoms with Crippen LogP contribution in [0.15, 0.2) is 0 Å². The molecule has 66 valence electrons. The minimum atomic E-state index is -1.29. The normalized spacial score (nSPS) is 52.6. The van der Waals surface area contributed by atoms with E-state index in [-0.39, 0.29) is 0 Å². The lowest BCUT2D eigenvalue weighted by molar-refractivity contribution is -0.247. The van der Waals surface area contributed by atoms with Crippen molar-refractivity contribution in [2.75, 3.05) is 0 Å². The molecule has 11 heavy (non-hydrogen) atoms. The molecule has 5 heteroatoms. The fraction of sp³-hybridized carbons (Fsp3) is 1.00. The van der Waals surface area contributed by atoms with Gasteiger partial charge in [0.15, 0.2) is 6.29 Å². The second-order valence-electron chi connectivity index (χ2n) is 2.79. The van der Waals surface area contributed by atoms with Gasteiger partial charge in [0, 0.05) is 0 Å². The summed E-state index contributed by atoms with van der Waals surface area (Å²) < 4.78 is 4.76. The molecular weight excluding hydrogens is 150 g/mol. The smallest absolute Gasteiger partial charge is 0.182 e. The Morgan fingerprint density at radius 1 is 1.18 bits per heavy atom. The van der Waals surface area contributed by atoms with Crippen LogP contribution in [0, 0.1) is 0 Å². The molecule has 0 bridgehead atoms. The van der Waals surface area contributed by atoms with Crippen LogP contribution < -0.4 is 5.73 Å². The van der Waals surface area contributed by atoms with E-state index >= 15 is 0 Å². The second-order valence-corrected chi connectivity index (χ2v) is 2.79. The van der Waals surface area contributed by atoms with Gasteiger partial charge < -0.3 is 25.8 Å². The number of nitrogens with two attached hydrogens (primary N) is 1. The molecule has 5 atom stereocenters. The number of hydrogen-bond acceptors (Lipinski definition) is 5. The van der Waals surface area contributed by atoms with E-state index < -0.39 is 30.6 Å². The first-order valence-electron chi connectivity index (χ1n) is 3.49. The second kappa shape index (κ2) is 3.04. The van der Waals surface area contributed by atoms with Crippen LogP contribution in [-0.4, -0.2) is 46.0 Å². The zero-order valence-electron chi connectivity index (χ0n) is 6.21. The molecule has 1 fully saturated rings. The Morgan fingerprint density at radius 2 is 1.73 bits per heavy atom. The van der Waals surface area contributed by atoms with E-state index in [1.165, 1.54) is 0 Å². The molecule has 0 radical (unpaired) electrons. The third-order valence-electron chi connectivity index (χ3n) is 1.92. The molecule has 0 saturated carbocycles. The summed E-state index contributed by atoms with van der Waals surface area (Å²) in [6.45, 7) is 1.58. The van der Waals surface area contributed by atoms with E-state index in [1.807, 2.05) is 0 Å². The van der Waals surface area contributed by atoms with Crippen molar-refractivity contribution < 1.29 is 20.1 Å². The molecule has 0 amide bonds. The van der Waals surface area contributed by atoms with Crippen molar-refractivity contribution in [2.45, 2.75) is 37.6 Å². The molecule has 0 spiro atoms. The van der Waals surface area contributed by atoms with Gasteiger partial charge in [-0.3, -0.25) is 0 Å². The monoisotopic (exact) mass is 163 g/mol. The Morgan fingerprint density at radius 3 is 2.27 bits per heavy atom. The van der Waals surface area contributed by atoms with Gasteiger partial charge in [0.2, 0.25) is 0 Å². The van der Waals surface area contributed by atoms with E-state index in [1.54, 1.807) is 6.92 Å². The van der Waals surface area contributed by atoms with Crippen LogP contribution in [0.4, 0.5) is 0 Å². The van der Waals surface area contributed by atoms with E-state index in [9.17, 15) is 5.11 Å². The Balaban J connectivity index is 2.63. The highest BCUT2D eigenvalue weighted by molar-refractivity contribution is 4.89. The first-order valence-corrected chi connectivity index (χ1v) is 3.49. The maximum atomic E-state index is 9.21. The van der Waals surface area contributed by atoms with E-state index in [0.717, 1.165) is 0 Å². The van der Waals surface area contributed by atoms with Crippen LogP contribution in [0.1, 0.15) is 6.92 Å². The SMILES string of the molecule is C[C@@H]1O[C@@H](O)[C@@H](O)[C@H](N)[C@H]1O. The maximum Gasteiger partial charge on any atom is 0.182 e. The summed E-state index contributed by atoms with van der Waals surface area (Å²) in [6.07, 6.45) is -3.96. The molecule has 5 nitrogen and oxygen atoms in total. The summed E-state index contributed by atoms with van der Waals surface area (Å²) >= 11 is 0. The minimum Gasteiger partial charge on any atom is -0.389 e. The summed E-state index contributed by atoms with van der Waals surface area (Å²) in [7, 11) is 0. The highest BCUT2D eigenvalue weighted by atomic mass is 16.6. The standard InChI is InChI=1S/C6H13NO4/c1-2-4(8)3(7)5(9)6(10)11-2/h2-6,8-10H,7H2,1H3/t2-,3+,4-,5-,6+/m0/s1. The van der Waals surface area contributed by atoms with Crippen molar-refractivity contribution in [1.29, 1.82) is 0 Å². The number of rotatable bonds is 0. The van der Waals surface area contributed by atoms with E-state index in [4.69, 9.17) is 20.7 Å². The summed E-state index contributed by atoms with van der Waals surface area (Å²) in [5, 5.41) is 27.3. The summed E-state index contributed by atoms with van der Waals surface area (Å²) in [4.78, 5) is 0. The largest absolute Gasteiger partial charge is 0.389 e. The Labute approximate surface area is 64.4 Å². The molecule has 1 saturated heterocycles. The average Bonchev–Trinajstić information content (AvgIpc) is 1.97. The molecule has 1 heterocycles. The average molecular weight is 163 g/mol. The molecule has 0 aliphatic carbocycles. The summed E-state index contributed by atoms with van der Waals surface area (Å²) in [5.41, 5.74) is 5.36. The zero-order valence-corrected chi connectivity index (χ0v) is 6.21. The van der Waals surface area contributed by atoms with Gasteiger partial charge in [-0.25, -0.2) is 0 Å². The molecule has 1 aliphatic heterocycles. The van der Waals surface area contributed by atoms with Gasteiger partial charge in [-0.1, -0.05) is 0 Å². The van der Waals surface area contributed by atoms with Gasteiger partial charge in [-0.15, -0.1) is 0 Å². The molecule has 0 unspecified atom stereocenters. The van der Waals surface area contributed by atoms with Gasteiger partial charge in [0.1, 0.15) is 6.10 Å². The van der Waals surface area contributed by atoms with Gasteiger partial charge in [0.05, 0.1) is 18.2 Å². The highest BCUT2D eigenvalue weighted by Gasteiger charge is 2.39. The lowest BCUT2D eigenvalue weighted by atomic mass is 9.98. The van der Waals surface area contributed by atoms with Gasteiger partial charge in [0.25, 0.3) is 0 Å². The Bertz CT molecular complexity index is 129. The Hall–Kier alpha value is -0.200. The number of aliphatic hydroxyl groups is 3. The third kappa shape index (κ3) is 1.52. The van der Waals surface area contributed by atoms with Crippen LogP contribution in [-0.2, 0) is 4.74 Å². The molecule has 5 N–H and O–H groups in total. The van der Waals surface area contributed by atoms with Gasteiger partial charge >= 0.3 is 0 Å². The van der Waals surface area contributed by atoms with Crippen molar-refractivity contribution in [3.05, 3.63) is 0 Å². The van der Waals surface area contributed by atoms with Gasteiger partial charge in [-0.05, 0) is 6.92 Å². The first-order chi connectivity index (χ1) is 5.04. The summed E-state index contributed by atoms with van der Waals surface area (Å²) in [6, 6.07) is -0.839. The van der Waals surface area contributed by atoms with Crippen molar-refractivity contribution in [3.8, 4) is 0 Å². The maximum absolute atomic E-state index is 9.21. The first kappa shape index (κ1) is 8.89. The van der Waals surface area contributed by atoms with Crippen molar-refractivity contribution in [1.82, 2.24) is 0 Å². The zero-order chi connectivity index (χ0) is 8.59. The number of aliphatic hydroxyl groups excluding tert-OH is 3. The highest BCUT2D eigenvalue weighted by Crippen LogP contribution is 2.17. The quantitative estimate of drug-likeness (QED) is 0.324. The topological polar surface area (TPSA) is 95.9 Å². The van der Waals surface area contributed by atoms with Crippen LogP contribution in [0.2, 0.25) is 0 Å². The van der Waals surface area contributed by atoms with Crippen LogP contribution in [0.25, 0.3) is 0 Å². The van der Waals surface area contributed by atoms with Crippen LogP contribution in [0.3, 0.4) is 0 Å². The molecule has 0 aromatic carbocycles. The predicted octanol–water partition coefficient (Wildman–Crippen LogP) is -2.23. The number of hydrogen-bond donors (Lipinski definition) is 4. The lowest BCUT2D eigenvalue weighted by Crippen LogP contribution is -2.60. The molecular formula is C6H13NO4. The fourth-order valence-electron chi connectivity index (χ4n) is 1.09. The Kier molecular flexibility index (Phi) is 2.46. The van der Waals surface area contributed by atoms with Gasteiger partial charge in [-0.2, -0.15) is 0 Å². The minimum absolute atomic E-state index is 0.539. The van der Waals surface area contributed by atoms with Crippen molar-refractivity contribution in [2.24, 2.45) is 5.73 Å². The van der Waals surface area contributed by atoms with Crippen LogP contribution in [0.5, 0.6) is 0 Å². The molecule has 1 rings (SSSR count). The predicted molar refractivity (Wildman–Crippen MR) is 36.5 cm³/mol. The van der Waals surface area contributed by atoms with Crippen LogP contribution >= 0.6 is 0 Å².